The maximum absolute atomic E-state index is 14.5. The normalized spacial score (nSPS) is 19.1. The van der Waals surface area contributed by atoms with E-state index in [0.717, 1.165) is 24.2 Å². The molecule has 0 bridgehead atoms. The number of carbonyl (C=O) groups is 1. The molecule has 1 aliphatic carbocycles. The highest BCUT2D eigenvalue weighted by molar-refractivity contribution is 5.67. The van der Waals surface area contributed by atoms with Crippen molar-refractivity contribution < 1.29 is 18.7 Å². The zero-order valence-corrected chi connectivity index (χ0v) is 20.7. The van der Waals surface area contributed by atoms with Crippen molar-refractivity contribution in [2.24, 2.45) is 13.0 Å². The summed E-state index contributed by atoms with van der Waals surface area (Å²) >= 11 is 0. The highest BCUT2D eigenvalue weighted by Crippen LogP contribution is 2.39. The van der Waals surface area contributed by atoms with Gasteiger partial charge < -0.3 is 15.3 Å². The van der Waals surface area contributed by atoms with Crippen molar-refractivity contribution in [3.63, 3.8) is 0 Å². The Labute approximate surface area is 212 Å². The average molecular weight is 514 g/mol. The second kappa shape index (κ2) is 9.94. The number of pyridine rings is 1. The number of aryl methyl sites for hydroxylation is 2. The fourth-order valence-corrected chi connectivity index (χ4v) is 4.85. The van der Waals surface area contributed by atoms with Gasteiger partial charge in [0.2, 0.25) is 5.95 Å². The number of halogens is 2. The Balaban J connectivity index is 1.37. The quantitative estimate of drug-likeness (QED) is 0.439. The summed E-state index contributed by atoms with van der Waals surface area (Å²) in [7, 11) is 1.78. The smallest absolute Gasteiger partial charge is 0.303 e. The van der Waals surface area contributed by atoms with Gasteiger partial charge in [-0.1, -0.05) is 12.1 Å². The Morgan fingerprint density at radius 3 is 2.78 bits per heavy atom. The van der Waals surface area contributed by atoms with Crippen LogP contribution in [0, 0.1) is 5.92 Å². The van der Waals surface area contributed by atoms with E-state index < -0.39 is 30.8 Å². The predicted octanol–water partition coefficient (Wildman–Crippen LogP) is 3.05. The van der Waals surface area contributed by atoms with E-state index in [-0.39, 0.29) is 13.0 Å². The van der Waals surface area contributed by atoms with Crippen LogP contribution in [0.15, 0.2) is 18.3 Å². The van der Waals surface area contributed by atoms with Gasteiger partial charge >= 0.3 is 5.97 Å². The third-order valence-electron chi connectivity index (χ3n) is 6.75. The maximum Gasteiger partial charge on any atom is 0.303 e. The molecule has 1 saturated heterocycles. The van der Waals surface area contributed by atoms with Gasteiger partial charge in [-0.25, -0.2) is 23.4 Å². The molecule has 2 aliphatic rings. The van der Waals surface area contributed by atoms with E-state index >= 15 is 0 Å². The second-order valence-electron chi connectivity index (χ2n) is 9.76. The molecule has 0 aromatic carbocycles. The number of hydrogen-bond acceptors (Lipinski definition) is 9. The first-order valence-corrected chi connectivity index (χ1v) is 12.4. The van der Waals surface area contributed by atoms with Gasteiger partial charge in [0.1, 0.15) is 5.69 Å². The SMILES string of the molecule is CCc1nc(-c2nnn(C)c2CNc2nncc(C3CC3)n2)ccc1N1C[C@H](CC(=O)O)CC(F)(F)C1. The Bertz CT molecular complexity index is 1290. The van der Waals surface area contributed by atoms with Crippen LogP contribution in [0.1, 0.15) is 55.6 Å². The Kier molecular flexibility index (Phi) is 6.69. The summed E-state index contributed by atoms with van der Waals surface area (Å²) in [5, 5.41) is 28.9. The van der Waals surface area contributed by atoms with Crippen LogP contribution in [0.3, 0.4) is 0 Å². The van der Waals surface area contributed by atoms with Crippen LogP contribution in [0.4, 0.5) is 20.4 Å². The lowest BCUT2D eigenvalue weighted by atomic mass is 9.91. The lowest BCUT2D eigenvalue weighted by molar-refractivity contribution is -0.139. The molecule has 196 valence electrons. The zero-order chi connectivity index (χ0) is 26.2. The number of rotatable bonds is 9. The van der Waals surface area contributed by atoms with Gasteiger partial charge in [0, 0.05) is 25.9 Å². The number of aliphatic carboxylic acids is 1. The van der Waals surface area contributed by atoms with Crippen molar-refractivity contribution in [3.8, 4) is 11.4 Å². The van der Waals surface area contributed by atoms with Gasteiger partial charge in [-0.05, 0) is 37.3 Å². The van der Waals surface area contributed by atoms with E-state index in [4.69, 9.17) is 10.1 Å². The molecule has 0 unspecified atom stereocenters. The summed E-state index contributed by atoms with van der Waals surface area (Å²) in [6.07, 6.45) is 3.71. The van der Waals surface area contributed by atoms with Crippen LogP contribution >= 0.6 is 0 Å². The molecule has 3 aromatic rings. The first kappa shape index (κ1) is 24.9. The highest BCUT2D eigenvalue weighted by atomic mass is 19.3. The van der Waals surface area contributed by atoms with E-state index in [2.05, 4.69) is 30.8 Å². The number of nitrogens with zero attached hydrogens (tertiary/aromatic N) is 8. The average Bonchev–Trinajstić information content (AvgIpc) is 3.64. The number of carboxylic acid groups (broad SMARTS) is 1. The fraction of sp³-hybridized carbons (Fsp3) is 0.542. The lowest BCUT2D eigenvalue weighted by Gasteiger charge is -2.39. The van der Waals surface area contributed by atoms with Gasteiger partial charge in [0.05, 0.1) is 54.2 Å². The van der Waals surface area contributed by atoms with Crippen molar-refractivity contribution in [2.75, 3.05) is 23.3 Å². The predicted molar refractivity (Wildman–Crippen MR) is 130 cm³/mol. The van der Waals surface area contributed by atoms with Gasteiger partial charge in [0.15, 0.2) is 0 Å². The van der Waals surface area contributed by atoms with Gasteiger partial charge in [-0.3, -0.25) is 4.79 Å². The molecule has 3 aromatic heterocycles. The van der Waals surface area contributed by atoms with Crippen molar-refractivity contribution in [2.45, 2.75) is 57.4 Å². The fourth-order valence-electron chi connectivity index (χ4n) is 4.85. The molecular formula is C24H29F2N9O2. The molecule has 1 atom stereocenters. The molecule has 11 nitrogen and oxygen atoms in total. The van der Waals surface area contributed by atoms with Crippen molar-refractivity contribution in [1.82, 2.24) is 35.2 Å². The third kappa shape index (κ3) is 5.65. The summed E-state index contributed by atoms with van der Waals surface area (Å²) in [5.41, 5.74) is 4.05. The molecule has 2 fully saturated rings. The van der Waals surface area contributed by atoms with E-state index in [1.807, 2.05) is 6.92 Å². The van der Waals surface area contributed by atoms with E-state index in [1.165, 1.54) is 0 Å². The Morgan fingerprint density at radius 2 is 2.05 bits per heavy atom. The summed E-state index contributed by atoms with van der Waals surface area (Å²) in [6, 6.07) is 3.51. The number of carboxylic acids is 1. The molecule has 0 amide bonds. The third-order valence-corrected chi connectivity index (χ3v) is 6.75. The van der Waals surface area contributed by atoms with E-state index in [9.17, 15) is 13.6 Å². The van der Waals surface area contributed by atoms with E-state index in [0.29, 0.717) is 47.6 Å². The zero-order valence-electron chi connectivity index (χ0n) is 20.7. The summed E-state index contributed by atoms with van der Waals surface area (Å²) < 4.78 is 30.6. The number of nitrogens with one attached hydrogen (secondary N) is 1. The number of aromatic nitrogens is 7. The first-order valence-electron chi connectivity index (χ1n) is 12.4. The van der Waals surface area contributed by atoms with Crippen LogP contribution in [-0.2, 0) is 24.8 Å². The minimum atomic E-state index is -2.97. The molecule has 2 N–H and O–H groups in total. The molecule has 0 radical (unpaired) electrons. The standard InChI is InChI=1S/C24H29F2N9O2/c1-3-16-19(35-12-14(8-21(36)37)9-24(25,26)13-35)7-6-17(29-16)22-20(34(2)33-31-22)11-27-23-30-18(10-28-32-23)15-4-5-15/h6-7,10,14-15H,3-5,8-9,11-13H2,1-2H3,(H,36,37)(H,27,30,32)/t14-/m1/s1. The number of piperidine rings is 1. The molecule has 1 saturated carbocycles. The minimum absolute atomic E-state index is 0.240. The van der Waals surface area contributed by atoms with Gasteiger partial charge in [0.25, 0.3) is 5.92 Å². The second-order valence-corrected chi connectivity index (χ2v) is 9.76. The summed E-state index contributed by atoms with van der Waals surface area (Å²) in [5.74, 6) is -3.80. The van der Waals surface area contributed by atoms with Gasteiger partial charge in [-0.15, -0.1) is 10.2 Å². The molecule has 37 heavy (non-hydrogen) atoms. The molecule has 0 spiro atoms. The molecular weight excluding hydrogens is 484 g/mol. The van der Waals surface area contributed by atoms with Crippen LogP contribution in [0.2, 0.25) is 0 Å². The van der Waals surface area contributed by atoms with Crippen LogP contribution in [-0.4, -0.2) is 65.2 Å². The topological polar surface area (TPSA) is 135 Å². The van der Waals surface area contributed by atoms with Crippen LogP contribution < -0.4 is 10.2 Å². The van der Waals surface area contributed by atoms with Crippen molar-refractivity contribution >= 4 is 17.6 Å². The Hall–Kier alpha value is -3.77. The van der Waals surface area contributed by atoms with Gasteiger partial charge in [-0.2, -0.15) is 5.10 Å². The molecule has 5 rings (SSSR count). The molecule has 1 aliphatic heterocycles. The van der Waals surface area contributed by atoms with Crippen molar-refractivity contribution in [1.29, 1.82) is 0 Å². The maximum atomic E-state index is 14.5. The summed E-state index contributed by atoms with van der Waals surface area (Å²) in [4.78, 5) is 22.0. The first-order chi connectivity index (χ1) is 17.7. The van der Waals surface area contributed by atoms with Crippen LogP contribution in [0.5, 0.6) is 0 Å². The molecule has 4 heterocycles. The van der Waals surface area contributed by atoms with Crippen molar-refractivity contribution in [3.05, 3.63) is 35.4 Å². The summed E-state index contributed by atoms with van der Waals surface area (Å²) in [6.45, 7) is 2.02. The number of alkyl halides is 2. The highest BCUT2D eigenvalue weighted by Gasteiger charge is 2.41. The lowest BCUT2D eigenvalue weighted by Crippen LogP contribution is -2.48. The van der Waals surface area contributed by atoms with E-state index in [1.54, 1.807) is 35.0 Å². The largest absolute Gasteiger partial charge is 0.481 e. The molecule has 13 heteroatoms. The van der Waals surface area contributed by atoms with Crippen LogP contribution in [0.25, 0.3) is 11.4 Å². The Morgan fingerprint density at radius 1 is 1.24 bits per heavy atom. The number of anilines is 2. The minimum Gasteiger partial charge on any atom is -0.481 e. The number of hydrogen-bond donors (Lipinski definition) is 2. The monoisotopic (exact) mass is 513 g/mol.